The van der Waals surface area contributed by atoms with Gasteiger partial charge in [-0.1, -0.05) is 60.7 Å². The molecule has 0 amide bonds. The summed E-state index contributed by atoms with van der Waals surface area (Å²) in [6, 6.07) is 20.7. The Morgan fingerprint density at radius 1 is 0.591 bits per heavy atom. The Morgan fingerprint density at radius 2 is 0.909 bits per heavy atom. The Balaban J connectivity index is 1.89. The third kappa shape index (κ3) is 5.63. The van der Waals surface area contributed by atoms with Gasteiger partial charge in [-0.05, 0) is 38.8 Å². The van der Waals surface area contributed by atoms with Crippen LogP contribution in [-0.2, 0) is 22.6 Å². The molecule has 0 fully saturated rings. The van der Waals surface area contributed by atoms with Crippen LogP contribution >= 0.6 is 0 Å². The van der Waals surface area contributed by atoms with E-state index in [2.05, 4.69) is 52.0 Å². The predicted octanol–water partition coefficient (Wildman–Crippen LogP) is 4.98. The van der Waals surface area contributed by atoms with Crippen molar-refractivity contribution in [3.63, 3.8) is 0 Å². The first-order valence-electron chi connectivity index (χ1n) is 7.81. The zero-order chi connectivity index (χ0) is 16.1. The SMILES string of the molecule is CC(C)(Cc1ccccc1)OOC(C)(C)Cc1ccccc1. The fourth-order valence-corrected chi connectivity index (χ4v) is 2.46. The Labute approximate surface area is 134 Å². The molecule has 0 heterocycles. The third-order valence-corrected chi connectivity index (χ3v) is 3.44. The average Bonchev–Trinajstić information content (AvgIpc) is 2.47. The van der Waals surface area contributed by atoms with E-state index in [4.69, 9.17) is 9.78 Å². The monoisotopic (exact) mass is 298 g/mol. The van der Waals surface area contributed by atoms with E-state index >= 15 is 0 Å². The van der Waals surface area contributed by atoms with Gasteiger partial charge in [-0.2, -0.15) is 0 Å². The van der Waals surface area contributed by atoms with Gasteiger partial charge in [-0.15, -0.1) is 0 Å². The van der Waals surface area contributed by atoms with Crippen LogP contribution in [0.2, 0.25) is 0 Å². The normalized spacial score (nSPS) is 12.4. The van der Waals surface area contributed by atoms with Crippen molar-refractivity contribution in [3.8, 4) is 0 Å². The molecule has 0 unspecified atom stereocenters. The zero-order valence-electron chi connectivity index (χ0n) is 14.0. The topological polar surface area (TPSA) is 18.5 Å². The molecule has 0 spiro atoms. The molecule has 0 aliphatic heterocycles. The molecule has 0 saturated heterocycles. The minimum atomic E-state index is -0.366. The molecule has 2 rings (SSSR count). The van der Waals surface area contributed by atoms with Crippen LogP contribution in [-0.4, -0.2) is 11.2 Å². The molecule has 0 aliphatic rings. The van der Waals surface area contributed by atoms with Crippen LogP contribution in [0.15, 0.2) is 60.7 Å². The van der Waals surface area contributed by atoms with Gasteiger partial charge in [0, 0.05) is 12.8 Å². The van der Waals surface area contributed by atoms with Crippen LogP contribution in [0.5, 0.6) is 0 Å². The van der Waals surface area contributed by atoms with Gasteiger partial charge in [0.15, 0.2) is 0 Å². The summed E-state index contributed by atoms with van der Waals surface area (Å²) in [7, 11) is 0. The Kier molecular flexibility index (Phi) is 5.38. The van der Waals surface area contributed by atoms with Crippen molar-refractivity contribution in [3.05, 3.63) is 71.8 Å². The number of hydrogen-bond donors (Lipinski definition) is 0. The van der Waals surface area contributed by atoms with E-state index in [1.165, 1.54) is 11.1 Å². The lowest BCUT2D eigenvalue weighted by molar-refractivity contribution is -0.400. The Hall–Kier alpha value is -1.64. The lowest BCUT2D eigenvalue weighted by Crippen LogP contribution is -2.35. The lowest BCUT2D eigenvalue weighted by Gasteiger charge is -2.31. The zero-order valence-corrected chi connectivity index (χ0v) is 14.0. The van der Waals surface area contributed by atoms with Gasteiger partial charge in [-0.25, -0.2) is 9.78 Å². The molecule has 0 radical (unpaired) electrons. The predicted molar refractivity (Wildman–Crippen MR) is 90.6 cm³/mol. The van der Waals surface area contributed by atoms with Crippen molar-refractivity contribution in [2.24, 2.45) is 0 Å². The molecular weight excluding hydrogens is 272 g/mol. The van der Waals surface area contributed by atoms with Crippen molar-refractivity contribution >= 4 is 0 Å². The molecule has 0 aromatic heterocycles. The van der Waals surface area contributed by atoms with Crippen molar-refractivity contribution in [1.29, 1.82) is 0 Å². The Morgan fingerprint density at radius 3 is 1.23 bits per heavy atom. The second-order valence-electron chi connectivity index (χ2n) is 7.01. The summed E-state index contributed by atoms with van der Waals surface area (Å²) in [5.41, 5.74) is 1.76. The molecule has 0 saturated carbocycles. The van der Waals surface area contributed by atoms with Gasteiger partial charge in [0.25, 0.3) is 0 Å². The molecule has 0 aliphatic carbocycles. The molecule has 22 heavy (non-hydrogen) atoms. The van der Waals surface area contributed by atoms with E-state index in [9.17, 15) is 0 Å². The first-order chi connectivity index (χ1) is 10.4. The van der Waals surface area contributed by atoms with E-state index in [0.717, 1.165) is 12.8 Å². The molecule has 2 nitrogen and oxygen atoms in total. The quantitative estimate of drug-likeness (QED) is 0.530. The van der Waals surface area contributed by atoms with Crippen LogP contribution in [0, 0.1) is 0 Å². The molecular formula is C20H26O2. The highest BCUT2D eigenvalue weighted by Crippen LogP contribution is 2.23. The fourth-order valence-electron chi connectivity index (χ4n) is 2.46. The molecule has 2 aromatic rings. The highest BCUT2D eigenvalue weighted by molar-refractivity contribution is 5.17. The summed E-state index contributed by atoms with van der Waals surface area (Å²) < 4.78 is 0. The largest absolute Gasteiger partial charge is 0.230 e. The summed E-state index contributed by atoms with van der Waals surface area (Å²) in [4.78, 5) is 11.5. The van der Waals surface area contributed by atoms with Gasteiger partial charge in [0.2, 0.25) is 0 Å². The van der Waals surface area contributed by atoms with E-state index in [1.54, 1.807) is 0 Å². The second-order valence-corrected chi connectivity index (χ2v) is 7.01. The van der Waals surface area contributed by atoms with Gasteiger partial charge in [0.1, 0.15) is 11.2 Å². The summed E-state index contributed by atoms with van der Waals surface area (Å²) in [6.45, 7) is 8.22. The standard InChI is InChI=1S/C20H26O2/c1-19(2,15-17-11-7-5-8-12-17)21-22-20(3,4)16-18-13-9-6-10-14-18/h5-14H,15-16H2,1-4H3. The summed E-state index contributed by atoms with van der Waals surface area (Å²) in [5, 5.41) is 0. The van der Waals surface area contributed by atoms with E-state index in [1.807, 2.05) is 36.4 Å². The summed E-state index contributed by atoms with van der Waals surface area (Å²) in [5.74, 6) is 0. The molecule has 0 N–H and O–H groups in total. The van der Waals surface area contributed by atoms with Crippen LogP contribution in [0.3, 0.4) is 0 Å². The second kappa shape index (κ2) is 7.08. The van der Waals surface area contributed by atoms with Crippen molar-refractivity contribution in [1.82, 2.24) is 0 Å². The maximum absolute atomic E-state index is 5.77. The first-order valence-corrected chi connectivity index (χ1v) is 7.81. The van der Waals surface area contributed by atoms with Crippen LogP contribution in [0.25, 0.3) is 0 Å². The van der Waals surface area contributed by atoms with Crippen molar-refractivity contribution in [2.45, 2.75) is 51.7 Å². The number of benzene rings is 2. The van der Waals surface area contributed by atoms with Crippen LogP contribution < -0.4 is 0 Å². The average molecular weight is 298 g/mol. The molecule has 0 atom stereocenters. The highest BCUT2D eigenvalue weighted by Gasteiger charge is 2.27. The van der Waals surface area contributed by atoms with E-state index in [-0.39, 0.29) is 11.2 Å². The van der Waals surface area contributed by atoms with Gasteiger partial charge >= 0.3 is 0 Å². The third-order valence-electron chi connectivity index (χ3n) is 3.44. The number of rotatable bonds is 7. The maximum atomic E-state index is 5.77. The van der Waals surface area contributed by atoms with E-state index < -0.39 is 0 Å². The molecule has 0 bridgehead atoms. The molecule has 2 heteroatoms. The van der Waals surface area contributed by atoms with Crippen molar-refractivity contribution < 1.29 is 9.78 Å². The fraction of sp³-hybridized carbons (Fsp3) is 0.400. The Bertz CT molecular complexity index is 505. The number of hydrogen-bond acceptors (Lipinski definition) is 2. The minimum Gasteiger partial charge on any atom is -0.230 e. The summed E-state index contributed by atoms with van der Waals surface area (Å²) >= 11 is 0. The van der Waals surface area contributed by atoms with Crippen molar-refractivity contribution in [2.75, 3.05) is 0 Å². The lowest BCUT2D eigenvalue weighted by atomic mass is 9.98. The van der Waals surface area contributed by atoms with E-state index in [0.29, 0.717) is 0 Å². The smallest absolute Gasteiger partial charge is 0.102 e. The van der Waals surface area contributed by atoms with Crippen LogP contribution in [0.4, 0.5) is 0 Å². The minimum absolute atomic E-state index is 0.366. The molecule has 2 aromatic carbocycles. The first kappa shape index (κ1) is 16.7. The van der Waals surface area contributed by atoms with Crippen LogP contribution in [0.1, 0.15) is 38.8 Å². The van der Waals surface area contributed by atoms with Gasteiger partial charge < -0.3 is 0 Å². The highest BCUT2D eigenvalue weighted by atomic mass is 17.2. The van der Waals surface area contributed by atoms with Gasteiger partial charge in [-0.3, -0.25) is 0 Å². The maximum Gasteiger partial charge on any atom is 0.102 e. The summed E-state index contributed by atoms with van der Waals surface area (Å²) in [6.07, 6.45) is 1.63. The van der Waals surface area contributed by atoms with Gasteiger partial charge in [0.05, 0.1) is 0 Å². The molecule has 118 valence electrons.